The van der Waals surface area contributed by atoms with Crippen molar-refractivity contribution in [2.45, 2.75) is 19.4 Å². The Balaban J connectivity index is 2.02. The maximum Gasteiger partial charge on any atom is 0.193 e. The maximum atomic E-state index is 9.45. The third-order valence-corrected chi connectivity index (χ3v) is 2.83. The third-order valence-electron chi connectivity index (χ3n) is 2.83. The minimum absolute atomic E-state index is 0.154. The molecule has 0 aromatic carbocycles. The molecule has 0 unspecified atom stereocenters. The number of hydrogen-bond donors (Lipinski definition) is 3. The fraction of sp³-hybridized carbons (Fsp3) is 0.600. The zero-order valence-electron chi connectivity index (χ0n) is 8.11. The van der Waals surface area contributed by atoms with Gasteiger partial charge in [-0.15, -0.1) is 0 Å². The van der Waals surface area contributed by atoms with Crippen molar-refractivity contribution < 1.29 is 10.2 Å². The minimum Gasteiger partial charge on any atom is -0.494 e. The number of piperidine rings is 1. The van der Waals surface area contributed by atoms with Gasteiger partial charge in [-0.3, -0.25) is 4.57 Å². The SMILES string of the molecule is Oc1ccc(O)n1CC1CCNCC1. The lowest BCUT2D eigenvalue weighted by molar-refractivity contribution is 0.290. The molecule has 2 heterocycles. The topological polar surface area (TPSA) is 57.4 Å². The molecule has 4 heteroatoms. The normalized spacial score (nSPS) is 18.6. The Morgan fingerprint density at radius 2 is 1.79 bits per heavy atom. The van der Waals surface area contributed by atoms with E-state index in [-0.39, 0.29) is 11.8 Å². The molecule has 1 aromatic rings. The van der Waals surface area contributed by atoms with Gasteiger partial charge in [0.05, 0.1) is 0 Å². The summed E-state index contributed by atoms with van der Waals surface area (Å²) in [4.78, 5) is 0. The van der Waals surface area contributed by atoms with Crippen molar-refractivity contribution in [2.24, 2.45) is 5.92 Å². The number of nitrogens with zero attached hydrogens (tertiary/aromatic N) is 1. The smallest absolute Gasteiger partial charge is 0.193 e. The second-order valence-corrected chi connectivity index (χ2v) is 3.85. The van der Waals surface area contributed by atoms with Crippen LogP contribution in [-0.4, -0.2) is 27.9 Å². The molecule has 0 atom stereocenters. The molecule has 0 spiro atoms. The largest absolute Gasteiger partial charge is 0.494 e. The van der Waals surface area contributed by atoms with Crippen LogP contribution in [0.1, 0.15) is 12.8 Å². The molecule has 1 aliphatic rings. The second kappa shape index (κ2) is 3.92. The Morgan fingerprint density at radius 3 is 2.36 bits per heavy atom. The van der Waals surface area contributed by atoms with E-state index >= 15 is 0 Å². The summed E-state index contributed by atoms with van der Waals surface area (Å²) in [5.41, 5.74) is 0. The summed E-state index contributed by atoms with van der Waals surface area (Å²) in [5.74, 6) is 0.863. The number of nitrogens with one attached hydrogen (secondary N) is 1. The molecule has 4 nitrogen and oxygen atoms in total. The highest BCUT2D eigenvalue weighted by molar-refractivity contribution is 5.23. The van der Waals surface area contributed by atoms with E-state index in [1.165, 1.54) is 12.1 Å². The van der Waals surface area contributed by atoms with Gasteiger partial charge in [-0.1, -0.05) is 0 Å². The van der Waals surface area contributed by atoms with Crippen LogP contribution in [0.15, 0.2) is 12.1 Å². The van der Waals surface area contributed by atoms with Gasteiger partial charge in [-0.2, -0.15) is 0 Å². The van der Waals surface area contributed by atoms with Crippen molar-refractivity contribution >= 4 is 0 Å². The molecule has 1 fully saturated rings. The summed E-state index contributed by atoms with van der Waals surface area (Å²) in [5, 5.41) is 22.2. The monoisotopic (exact) mass is 196 g/mol. The van der Waals surface area contributed by atoms with Crippen LogP contribution in [0.4, 0.5) is 0 Å². The van der Waals surface area contributed by atoms with Gasteiger partial charge in [-0.05, 0) is 31.8 Å². The molecule has 1 saturated heterocycles. The first kappa shape index (κ1) is 9.40. The molecule has 1 aliphatic heterocycles. The zero-order valence-corrected chi connectivity index (χ0v) is 8.11. The summed E-state index contributed by atoms with van der Waals surface area (Å²) < 4.78 is 1.57. The summed E-state index contributed by atoms with van der Waals surface area (Å²) in [6.45, 7) is 2.78. The average molecular weight is 196 g/mol. The van der Waals surface area contributed by atoms with Crippen LogP contribution in [-0.2, 0) is 6.54 Å². The number of rotatable bonds is 2. The van der Waals surface area contributed by atoms with Gasteiger partial charge in [0.1, 0.15) is 0 Å². The standard InChI is InChI=1S/C10H16N2O2/c13-9-1-2-10(14)12(9)7-8-3-5-11-6-4-8/h1-2,8,11,13-14H,3-7H2. The molecule has 0 saturated carbocycles. The molecular formula is C10H16N2O2. The molecule has 3 N–H and O–H groups in total. The van der Waals surface area contributed by atoms with Gasteiger partial charge in [0.2, 0.25) is 0 Å². The number of aromatic nitrogens is 1. The molecule has 78 valence electrons. The van der Waals surface area contributed by atoms with E-state index in [2.05, 4.69) is 5.32 Å². The first-order valence-electron chi connectivity index (χ1n) is 5.05. The molecule has 0 amide bonds. The van der Waals surface area contributed by atoms with E-state index in [1.54, 1.807) is 4.57 Å². The molecule has 1 aromatic heterocycles. The quantitative estimate of drug-likeness (QED) is 0.658. The van der Waals surface area contributed by atoms with Gasteiger partial charge in [0, 0.05) is 18.7 Å². The Morgan fingerprint density at radius 1 is 1.21 bits per heavy atom. The van der Waals surface area contributed by atoms with Crippen LogP contribution in [0.3, 0.4) is 0 Å². The second-order valence-electron chi connectivity index (χ2n) is 3.85. The van der Waals surface area contributed by atoms with Crippen LogP contribution in [0, 0.1) is 5.92 Å². The van der Waals surface area contributed by atoms with Crippen molar-refractivity contribution in [3.05, 3.63) is 12.1 Å². The van der Waals surface area contributed by atoms with Gasteiger partial charge >= 0.3 is 0 Å². The van der Waals surface area contributed by atoms with E-state index in [1.807, 2.05) is 0 Å². The van der Waals surface area contributed by atoms with Crippen LogP contribution in [0.25, 0.3) is 0 Å². The van der Waals surface area contributed by atoms with Crippen molar-refractivity contribution in [2.75, 3.05) is 13.1 Å². The molecule has 14 heavy (non-hydrogen) atoms. The Labute approximate surface area is 83.2 Å². The van der Waals surface area contributed by atoms with Gasteiger partial charge < -0.3 is 15.5 Å². The highest BCUT2D eigenvalue weighted by atomic mass is 16.3. The summed E-state index contributed by atoms with van der Waals surface area (Å²) in [6.07, 6.45) is 2.22. The Bertz CT molecular complexity index is 284. The fourth-order valence-corrected chi connectivity index (χ4v) is 1.96. The van der Waals surface area contributed by atoms with Crippen molar-refractivity contribution in [1.29, 1.82) is 0 Å². The highest BCUT2D eigenvalue weighted by Gasteiger charge is 2.16. The number of hydrogen-bond acceptors (Lipinski definition) is 3. The van der Waals surface area contributed by atoms with E-state index in [0.717, 1.165) is 25.9 Å². The predicted molar refractivity (Wildman–Crippen MR) is 53.4 cm³/mol. The van der Waals surface area contributed by atoms with Crippen LogP contribution >= 0.6 is 0 Å². The molecule has 2 rings (SSSR count). The van der Waals surface area contributed by atoms with E-state index in [4.69, 9.17) is 0 Å². The number of aromatic hydroxyl groups is 2. The molecule has 0 radical (unpaired) electrons. The van der Waals surface area contributed by atoms with Crippen LogP contribution in [0.2, 0.25) is 0 Å². The first-order valence-corrected chi connectivity index (χ1v) is 5.05. The Kier molecular flexibility index (Phi) is 2.63. The average Bonchev–Trinajstić information content (AvgIpc) is 2.51. The maximum absolute atomic E-state index is 9.45. The van der Waals surface area contributed by atoms with Crippen molar-refractivity contribution in [3.8, 4) is 11.8 Å². The van der Waals surface area contributed by atoms with Crippen LogP contribution in [0.5, 0.6) is 11.8 Å². The minimum atomic E-state index is 0.154. The van der Waals surface area contributed by atoms with Crippen molar-refractivity contribution in [1.82, 2.24) is 9.88 Å². The predicted octanol–water partition coefficient (Wildman–Crippen LogP) is 0.899. The highest BCUT2D eigenvalue weighted by Crippen LogP contribution is 2.25. The van der Waals surface area contributed by atoms with Gasteiger partial charge in [-0.25, -0.2) is 0 Å². The Hall–Kier alpha value is -1.16. The van der Waals surface area contributed by atoms with E-state index in [0.29, 0.717) is 12.5 Å². The fourth-order valence-electron chi connectivity index (χ4n) is 1.96. The van der Waals surface area contributed by atoms with Gasteiger partial charge in [0.25, 0.3) is 0 Å². The summed E-state index contributed by atoms with van der Waals surface area (Å²) >= 11 is 0. The first-order chi connectivity index (χ1) is 6.77. The zero-order chi connectivity index (χ0) is 9.97. The van der Waals surface area contributed by atoms with Crippen molar-refractivity contribution in [3.63, 3.8) is 0 Å². The van der Waals surface area contributed by atoms with E-state index < -0.39 is 0 Å². The van der Waals surface area contributed by atoms with E-state index in [9.17, 15) is 10.2 Å². The van der Waals surface area contributed by atoms with Gasteiger partial charge in [0.15, 0.2) is 11.8 Å². The lowest BCUT2D eigenvalue weighted by atomic mass is 9.98. The molecule has 0 aliphatic carbocycles. The molecular weight excluding hydrogens is 180 g/mol. The lowest BCUT2D eigenvalue weighted by Crippen LogP contribution is -2.29. The third kappa shape index (κ3) is 1.85. The molecule has 0 bridgehead atoms. The summed E-state index contributed by atoms with van der Waals surface area (Å²) in [6, 6.07) is 3.05. The van der Waals surface area contributed by atoms with Crippen LogP contribution < -0.4 is 5.32 Å². The lowest BCUT2D eigenvalue weighted by Gasteiger charge is -2.23. The summed E-state index contributed by atoms with van der Waals surface area (Å²) in [7, 11) is 0.